The summed E-state index contributed by atoms with van der Waals surface area (Å²) >= 11 is 0. The van der Waals surface area contributed by atoms with Gasteiger partial charge in [0, 0.05) is 42.3 Å². The summed E-state index contributed by atoms with van der Waals surface area (Å²) in [6.45, 7) is 5.26. The maximum atomic E-state index is 13.7. The van der Waals surface area contributed by atoms with Crippen LogP contribution in [-0.4, -0.2) is 52.8 Å². The van der Waals surface area contributed by atoms with Crippen molar-refractivity contribution in [1.82, 2.24) is 14.8 Å². The number of amides is 2. The number of aromatic nitrogens is 1. The minimum absolute atomic E-state index is 0.162. The van der Waals surface area contributed by atoms with Crippen molar-refractivity contribution >= 4 is 28.3 Å². The maximum Gasteiger partial charge on any atom is 0.261 e. The number of hydrogen-bond donors (Lipinski definition) is 1. The van der Waals surface area contributed by atoms with E-state index in [1.807, 2.05) is 19.2 Å². The third kappa shape index (κ3) is 4.23. The molecule has 6 heteroatoms. The average molecular weight is 446 g/mol. The molecule has 0 spiro atoms. The molecule has 0 unspecified atom stereocenters. The zero-order valence-electron chi connectivity index (χ0n) is 18.9. The normalized spacial score (nSPS) is 16.5. The van der Waals surface area contributed by atoms with Crippen molar-refractivity contribution in [2.24, 2.45) is 0 Å². The minimum Gasteiger partial charge on any atom is -0.361 e. The Morgan fingerprint density at radius 2 is 1.76 bits per heavy atom. The third-order valence-electron chi connectivity index (χ3n) is 6.77. The second-order valence-electron chi connectivity index (χ2n) is 9.04. The Balaban J connectivity index is 1.09. The Morgan fingerprint density at radius 1 is 0.939 bits per heavy atom. The minimum atomic E-state index is -0.210. The number of carbonyl (C=O) groups excluding carboxylic acids is 2. The lowest BCUT2D eigenvalue weighted by Gasteiger charge is -2.26. The smallest absolute Gasteiger partial charge is 0.261 e. The van der Waals surface area contributed by atoms with E-state index in [1.165, 1.54) is 16.5 Å². The van der Waals surface area contributed by atoms with Gasteiger partial charge in [-0.3, -0.25) is 19.4 Å². The van der Waals surface area contributed by atoms with Gasteiger partial charge in [0.1, 0.15) is 5.82 Å². The first-order chi connectivity index (χ1) is 16.0. The molecular weight excluding hydrogens is 417 g/mol. The van der Waals surface area contributed by atoms with Gasteiger partial charge in [-0.05, 0) is 68.6 Å². The highest BCUT2D eigenvalue weighted by molar-refractivity contribution is 6.21. The summed E-state index contributed by atoms with van der Waals surface area (Å²) in [5.41, 5.74) is 5.38. The topological polar surface area (TPSA) is 56.4 Å². The maximum absolute atomic E-state index is 13.7. The molecule has 2 aliphatic rings. The van der Waals surface area contributed by atoms with Crippen LogP contribution in [0.15, 0.2) is 48.7 Å². The lowest BCUT2D eigenvalue weighted by atomic mass is 9.98. The van der Waals surface area contributed by atoms with Crippen LogP contribution in [0.1, 0.15) is 57.5 Å². The van der Waals surface area contributed by atoms with E-state index in [4.69, 9.17) is 0 Å². The van der Waals surface area contributed by atoms with Crippen molar-refractivity contribution in [2.75, 3.05) is 26.2 Å². The van der Waals surface area contributed by atoms with E-state index in [9.17, 15) is 14.0 Å². The molecule has 0 saturated carbocycles. The standard InChI is InChI=1S/C27H28FN3O2/c1-18-5-7-21-23(15-18)27(33)31(26(21)32)12-4-2-3-11-30-13-9-19(10-14-30)24-17-29-25-8-6-20(28)16-22(24)25/h5-9,15-17,29H,2-4,10-14H2,1H3. The van der Waals surface area contributed by atoms with Crippen LogP contribution in [0.2, 0.25) is 0 Å². The molecule has 5 nitrogen and oxygen atoms in total. The summed E-state index contributed by atoms with van der Waals surface area (Å²) in [4.78, 5) is 32.1. The summed E-state index contributed by atoms with van der Waals surface area (Å²) in [6.07, 6.45) is 7.99. The Kier molecular flexibility index (Phi) is 5.85. The molecule has 0 atom stereocenters. The first-order valence-electron chi connectivity index (χ1n) is 11.7. The molecule has 3 aromatic rings. The van der Waals surface area contributed by atoms with Gasteiger partial charge in [0.05, 0.1) is 11.1 Å². The fourth-order valence-electron chi connectivity index (χ4n) is 4.91. The summed E-state index contributed by atoms with van der Waals surface area (Å²) < 4.78 is 13.7. The molecule has 0 radical (unpaired) electrons. The number of H-pyrrole nitrogens is 1. The van der Waals surface area contributed by atoms with E-state index < -0.39 is 0 Å². The van der Waals surface area contributed by atoms with Gasteiger partial charge < -0.3 is 4.98 Å². The predicted octanol–water partition coefficient (Wildman–Crippen LogP) is 5.17. The van der Waals surface area contributed by atoms with Crippen LogP contribution in [0.3, 0.4) is 0 Å². The van der Waals surface area contributed by atoms with E-state index in [1.54, 1.807) is 24.3 Å². The van der Waals surface area contributed by atoms with Gasteiger partial charge in [-0.2, -0.15) is 0 Å². The van der Waals surface area contributed by atoms with Crippen molar-refractivity contribution in [3.8, 4) is 0 Å². The van der Waals surface area contributed by atoms with E-state index in [-0.39, 0.29) is 17.6 Å². The highest BCUT2D eigenvalue weighted by Gasteiger charge is 2.34. The van der Waals surface area contributed by atoms with Crippen molar-refractivity contribution in [2.45, 2.75) is 32.6 Å². The number of fused-ring (bicyclic) bond motifs is 2. The number of nitrogens with one attached hydrogen (secondary N) is 1. The van der Waals surface area contributed by atoms with Crippen molar-refractivity contribution in [1.29, 1.82) is 0 Å². The number of carbonyl (C=O) groups is 2. The zero-order chi connectivity index (χ0) is 22.9. The highest BCUT2D eigenvalue weighted by Crippen LogP contribution is 2.30. The number of halogens is 1. The van der Waals surface area contributed by atoms with Crippen molar-refractivity contribution in [3.63, 3.8) is 0 Å². The number of imide groups is 1. The molecule has 0 saturated heterocycles. The number of hydrogen-bond acceptors (Lipinski definition) is 3. The van der Waals surface area contributed by atoms with Gasteiger partial charge in [0.2, 0.25) is 0 Å². The van der Waals surface area contributed by atoms with Crippen LogP contribution < -0.4 is 0 Å². The largest absolute Gasteiger partial charge is 0.361 e. The molecular formula is C27H28FN3O2. The molecule has 0 fully saturated rings. The lowest BCUT2D eigenvalue weighted by molar-refractivity contribution is 0.0651. The van der Waals surface area contributed by atoms with Crippen LogP contribution in [-0.2, 0) is 0 Å². The Labute approximate surface area is 192 Å². The van der Waals surface area contributed by atoms with E-state index in [0.29, 0.717) is 17.7 Å². The van der Waals surface area contributed by atoms with Gasteiger partial charge in [-0.1, -0.05) is 24.1 Å². The van der Waals surface area contributed by atoms with Crippen LogP contribution in [0.25, 0.3) is 16.5 Å². The number of aromatic amines is 1. The van der Waals surface area contributed by atoms with Gasteiger partial charge in [-0.25, -0.2) is 4.39 Å². The Morgan fingerprint density at radius 3 is 2.58 bits per heavy atom. The highest BCUT2D eigenvalue weighted by atomic mass is 19.1. The number of nitrogens with zero attached hydrogens (tertiary/aromatic N) is 2. The van der Waals surface area contributed by atoms with E-state index in [0.717, 1.165) is 67.3 Å². The second kappa shape index (κ2) is 8.94. The molecule has 33 heavy (non-hydrogen) atoms. The quantitative estimate of drug-likeness (QED) is 0.403. The third-order valence-corrected chi connectivity index (χ3v) is 6.77. The summed E-state index contributed by atoms with van der Waals surface area (Å²) in [7, 11) is 0. The van der Waals surface area contributed by atoms with Gasteiger partial charge in [0.25, 0.3) is 11.8 Å². The molecule has 170 valence electrons. The van der Waals surface area contributed by atoms with Gasteiger partial charge in [-0.15, -0.1) is 0 Å². The Bertz CT molecular complexity index is 1260. The summed E-state index contributed by atoms with van der Waals surface area (Å²) in [6, 6.07) is 10.3. The molecule has 0 bridgehead atoms. The van der Waals surface area contributed by atoms with Crippen LogP contribution in [0.5, 0.6) is 0 Å². The summed E-state index contributed by atoms with van der Waals surface area (Å²) in [5.74, 6) is -0.539. The van der Waals surface area contributed by atoms with Crippen molar-refractivity contribution < 1.29 is 14.0 Å². The van der Waals surface area contributed by atoms with Crippen LogP contribution in [0, 0.1) is 12.7 Å². The zero-order valence-corrected chi connectivity index (χ0v) is 18.9. The van der Waals surface area contributed by atoms with Gasteiger partial charge >= 0.3 is 0 Å². The second-order valence-corrected chi connectivity index (χ2v) is 9.04. The molecule has 1 N–H and O–H groups in total. The van der Waals surface area contributed by atoms with Crippen LogP contribution >= 0.6 is 0 Å². The molecule has 2 amide bonds. The van der Waals surface area contributed by atoms with E-state index >= 15 is 0 Å². The molecule has 1 aromatic heterocycles. The number of benzene rings is 2. The SMILES string of the molecule is Cc1ccc2c(c1)C(=O)N(CCCCCN1CC=C(c3c[nH]c4ccc(F)cc34)CC1)C2=O. The fourth-order valence-corrected chi connectivity index (χ4v) is 4.91. The fraction of sp³-hybridized carbons (Fsp3) is 0.333. The Hall–Kier alpha value is -3.25. The number of rotatable bonds is 7. The average Bonchev–Trinajstić information content (AvgIpc) is 3.33. The lowest BCUT2D eigenvalue weighted by Crippen LogP contribution is -2.31. The first-order valence-corrected chi connectivity index (χ1v) is 11.7. The van der Waals surface area contributed by atoms with Crippen LogP contribution in [0.4, 0.5) is 4.39 Å². The molecule has 2 aromatic carbocycles. The molecule has 0 aliphatic carbocycles. The van der Waals surface area contributed by atoms with Gasteiger partial charge in [0.15, 0.2) is 0 Å². The predicted molar refractivity (Wildman–Crippen MR) is 128 cm³/mol. The van der Waals surface area contributed by atoms with Crippen molar-refractivity contribution in [3.05, 3.63) is 76.7 Å². The first kappa shape index (κ1) is 21.6. The monoisotopic (exact) mass is 445 g/mol. The summed E-state index contributed by atoms with van der Waals surface area (Å²) in [5, 5.41) is 0.943. The number of unbranched alkanes of at least 4 members (excludes halogenated alkanes) is 2. The molecule has 5 rings (SSSR count). The molecule has 2 aliphatic heterocycles. The number of aryl methyl sites for hydroxylation is 1. The molecule has 3 heterocycles. The van der Waals surface area contributed by atoms with E-state index in [2.05, 4.69) is 16.0 Å².